The van der Waals surface area contributed by atoms with Crippen LogP contribution in [-0.4, -0.2) is 97.4 Å². The van der Waals surface area contributed by atoms with Crippen LogP contribution in [0.3, 0.4) is 0 Å². The van der Waals surface area contributed by atoms with Gasteiger partial charge in [0.2, 0.25) is 0 Å². The van der Waals surface area contributed by atoms with Gasteiger partial charge in [0.15, 0.2) is 6.29 Å². The maximum Gasteiger partial charge on any atom is 0.305 e. The summed E-state index contributed by atoms with van der Waals surface area (Å²) in [5.41, 5.74) is 0. The molecule has 0 bridgehead atoms. The average Bonchev–Trinajstić information content (AvgIpc) is 3.02. The summed E-state index contributed by atoms with van der Waals surface area (Å²) in [5, 5.41) is 30.8. The molecule has 1 rings (SSSR count). The molecule has 46 heavy (non-hydrogen) atoms. The number of ether oxygens (including phenoxy) is 3. The van der Waals surface area contributed by atoms with Crippen molar-refractivity contribution in [2.24, 2.45) is 0 Å². The van der Waals surface area contributed by atoms with Gasteiger partial charge in [-0.15, -0.1) is 0 Å². The summed E-state index contributed by atoms with van der Waals surface area (Å²) in [6.45, 7) is 3.34. The smallest absolute Gasteiger partial charge is 0.305 e. The molecule has 0 aromatic carbocycles. The molecule has 0 amide bonds. The Kier molecular flexibility index (Phi) is 26.4. The highest BCUT2D eigenvalue weighted by Crippen LogP contribution is 2.23. The zero-order valence-corrected chi connectivity index (χ0v) is 30.6. The van der Waals surface area contributed by atoms with Crippen LogP contribution in [0.25, 0.3) is 0 Å². The predicted molar refractivity (Wildman–Crippen MR) is 188 cm³/mol. The van der Waals surface area contributed by atoms with Crippen molar-refractivity contribution in [2.45, 2.75) is 198 Å². The first-order valence-electron chi connectivity index (χ1n) is 19.4. The summed E-state index contributed by atoms with van der Waals surface area (Å²) in [4.78, 5) is 12.2. The minimum Gasteiger partial charge on any atom is -0.463 e. The number of nitrogens with zero attached hydrogens (tertiary/aromatic N) is 1. The number of rotatable bonds is 31. The van der Waals surface area contributed by atoms with Gasteiger partial charge in [-0.2, -0.15) is 0 Å². The lowest BCUT2D eigenvalue weighted by Gasteiger charge is -2.40. The van der Waals surface area contributed by atoms with Gasteiger partial charge >= 0.3 is 5.97 Å². The number of carbonyl (C=O) groups excluding carboxylic acids is 1. The SMILES string of the molecule is CCCCCCCCCCCCCCCCCCCCCCCCCC(=O)OC[C@@H]1OC(OCCC[N+](C)(C)C)[C@@H](O)[C@@H](O)[C@@H]1O. The number of unbranched alkanes of at least 4 members (excludes halogenated alkanes) is 22. The number of hydrogen-bond donors (Lipinski definition) is 3. The first-order chi connectivity index (χ1) is 22.2. The zero-order chi connectivity index (χ0) is 33.9. The molecule has 1 aliphatic rings. The van der Waals surface area contributed by atoms with Gasteiger partial charge in [0.1, 0.15) is 31.0 Å². The fourth-order valence-corrected chi connectivity index (χ4v) is 6.23. The summed E-state index contributed by atoms with van der Waals surface area (Å²) in [6, 6.07) is 0. The summed E-state index contributed by atoms with van der Waals surface area (Å²) in [6.07, 6.45) is 25.7. The van der Waals surface area contributed by atoms with Crippen LogP contribution in [0.4, 0.5) is 0 Å². The number of aliphatic hydroxyl groups is 3. The first-order valence-corrected chi connectivity index (χ1v) is 19.4. The van der Waals surface area contributed by atoms with Crippen LogP contribution in [0.1, 0.15) is 167 Å². The fraction of sp³-hybridized carbons (Fsp3) is 0.974. The molecule has 1 aliphatic heterocycles. The Hall–Kier alpha value is -0.770. The topological polar surface area (TPSA) is 105 Å². The third-order valence-electron chi connectivity index (χ3n) is 9.32. The second kappa shape index (κ2) is 28.1. The second-order valence-corrected chi connectivity index (χ2v) is 15.0. The molecule has 1 unspecified atom stereocenters. The monoisotopic (exact) mass is 659 g/mol. The standard InChI is InChI=1S/C38H76NO7/c1-5-6-7-8-9-10-11-12-13-14-15-16-17-18-19-20-21-22-23-24-25-26-27-29-34(40)45-32-33-35(41)36(42)37(43)38(46-33)44-31-28-30-39(2,3)4/h33,35-38,41-43H,5-32H2,1-4H3/q+1/t33-,35+,36-,37-,38?/m0/s1. The van der Waals surface area contributed by atoms with E-state index >= 15 is 0 Å². The van der Waals surface area contributed by atoms with E-state index < -0.39 is 30.7 Å². The molecule has 1 fully saturated rings. The largest absolute Gasteiger partial charge is 0.463 e. The van der Waals surface area contributed by atoms with Crippen LogP contribution in [0.5, 0.6) is 0 Å². The van der Waals surface area contributed by atoms with Gasteiger partial charge in [-0.25, -0.2) is 0 Å². The van der Waals surface area contributed by atoms with Crippen molar-refractivity contribution in [1.82, 2.24) is 0 Å². The molecule has 0 aromatic rings. The highest BCUT2D eigenvalue weighted by Gasteiger charge is 2.44. The van der Waals surface area contributed by atoms with Crippen molar-refractivity contribution in [3.8, 4) is 0 Å². The van der Waals surface area contributed by atoms with E-state index in [2.05, 4.69) is 28.1 Å². The van der Waals surface area contributed by atoms with Crippen LogP contribution in [0, 0.1) is 0 Å². The molecule has 1 heterocycles. The molecular formula is C38H76NO7+. The molecule has 8 heteroatoms. The van der Waals surface area contributed by atoms with Crippen molar-refractivity contribution in [3.05, 3.63) is 0 Å². The van der Waals surface area contributed by atoms with Crippen molar-refractivity contribution in [3.63, 3.8) is 0 Å². The lowest BCUT2D eigenvalue weighted by Crippen LogP contribution is -2.59. The predicted octanol–water partition coefficient (Wildman–Crippen LogP) is 7.83. The van der Waals surface area contributed by atoms with E-state index in [1.54, 1.807) is 0 Å². The average molecular weight is 659 g/mol. The summed E-state index contributed by atoms with van der Waals surface area (Å²) >= 11 is 0. The minimum absolute atomic E-state index is 0.179. The van der Waals surface area contributed by atoms with E-state index in [9.17, 15) is 20.1 Å². The van der Waals surface area contributed by atoms with Gasteiger partial charge in [0.25, 0.3) is 0 Å². The normalized spacial score (nSPS) is 21.9. The van der Waals surface area contributed by atoms with E-state index in [-0.39, 0.29) is 12.6 Å². The van der Waals surface area contributed by atoms with Crippen LogP contribution in [-0.2, 0) is 19.0 Å². The van der Waals surface area contributed by atoms with Gasteiger partial charge < -0.3 is 34.0 Å². The fourth-order valence-electron chi connectivity index (χ4n) is 6.23. The highest BCUT2D eigenvalue weighted by molar-refractivity contribution is 5.69. The van der Waals surface area contributed by atoms with Gasteiger partial charge in [-0.3, -0.25) is 4.79 Å². The maximum atomic E-state index is 12.2. The molecule has 8 nitrogen and oxygen atoms in total. The summed E-state index contributed by atoms with van der Waals surface area (Å²) in [5.74, 6) is -0.333. The molecule has 5 atom stereocenters. The van der Waals surface area contributed by atoms with Crippen LogP contribution < -0.4 is 0 Å². The van der Waals surface area contributed by atoms with E-state index in [1.807, 2.05) is 0 Å². The van der Waals surface area contributed by atoms with E-state index in [0.717, 1.165) is 36.7 Å². The Morgan fingerprint density at radius 1 is 0.587 bits per heavy atom. The lowest BCUT2D eigenvalue weighted by atomic mass is 9.99. The van der Waals surface area contributed by atoms with E-state index in [1.165, 1.54) is 128 Å². The van der Waals surface area contributed by atoms with Gasteiger partial charge in [0, 0.05) is 12.8 Å². The minimum atomic E-state index is -1.43. The van der Waals surface area contributed by atoms with Crippen molar-refractivity contribution in [1.29, 1.82) is 0 Å². The quantitative estimate of drug-likeness (QED) is 0.0396. The molecule has 0 spiro atoms. The molecule has 0 aromatic heterocycles. The second-order valence-electron chi connectivity index (χ2n) is 15.0. The number of aliphatic hydroxyl groups excluding tert-OH is 3. The van der Waals surface area contributed by atoms with E-state index in [4.69, 9.17) is 14.2 Å². The number of esters is 1. The van der Waals surface area contributed by atoms with Crippen molar-refractivity contribution >= 4 is 5.97 Å². The first kappa shape index (κ1) is 43.3. The maximum absolute atomic E-state index is 12.2. The van der Waals surface area contributed by atoms with Crippen molar-refractivity contribution in [2.75, 3.05) is 40.9 Å². The molecule has 0 radical (unpaired) electrons. The Bertz CT molecular complexity index is 701. The number of quaternary nitrogens is 1. The lowest BCUT2D eigenvalue weighted by molar-refractivity contribution is -0.870. The molecule has 0 saturated carbocycles. The molecule has 1 saturated heterocycles. The third-order valence-corrected chi connectivity index (χ3v) is 9.32. The zero-order valence-electron chi connectivity index (χ0n) is 30.6. The van der Waals surface area contributed by atoms with Crippen LogP contribution in [0.2, 0.25) is 0 Å². The number of hydrogen-bond acceptors (Lipinski definition) is 7. The molecular weight excluding hydrogens is 582 g/mol. The van der Waals surface area contributed by atoms with Gasteiger partial charge in [0.05, 0.1) is 34.3 Å². The Morgan fingerprint density at radius 2 is 1.00 bits per heavy atom. The van der Waals surface area contributed by atoms with Crippen molar-refractivity contribution < 1.29 is 38.8 Å². The molecule has 274 valence electrons. The van der Waals surface area contributed by atoms with Gasteiger partial charge in [-0.1, -0.05) is 148 Å². The molecule has 0 aliphatic carbocycles. The Labute approximate surface area is 283 Å². The summed E-state index contributed by atoms with van der Waals surface area (Å²) in [7, 11) is 6.25. The van der Waals surface area contributed by atoms with Gasteiger partial charge in [-0.05, 0) is 6.42 Å². The Balaban J connectivity index is 1.91. The van der Waals surface area contributed by atoms with E-state index in [0.29, 0.717) is 13.0 Å². The molecule has 3 N–H and O–H groups in total. The van der Waals surface area contributed by atoms with Crippen LogP contribution >= 0.6 is 0 Å². The number of carbonyl (C=O) groups is 1. The Morgan fingerprint density at radius 3 is 1.41 bits per heavy atom. The van der Waals surface area contributed by atoms with Crippen LogP contribution in [0.15, 0.2) is 0 Å². The highest BCUT2D eigenvalue weighted by atomic mass is 16.7. The summed E-state index contributed by atoms with van der Waals surface area (Å²) < 4.78 is 17.4. The third kappa shape index (κ3) is 23.5.